The van der Waals surface area contributed by atoms with Crippen molar-refractivity contribution in [3.05, 3.63) is 45.7 Å². The minimum absolute atomic E-state index is 0.325. The van der Waals surface area contributed by atoms with Crippen molar-refractivity contribution >= 4 is 27.8 Å². The Labute approximate surface area is 141 Å². The van der Waals surface area contributed by atoms with E-state index < -0.39 is 17.9 Å². The zero-order chi connectivity index (χ0) is 16.6. The molecule has 0 unspecified atom stereocenters. The van der Waals surface area contributed by atoms with E-state index in [0.717, 1.165) is 40.7 Å². The molecule has 0 saturated carbocycles. The lowest BCUT2D eigenvalue weighted by atomic mass is 10.2. The van der Waals surface area contributed by atoms with Crippen molar-refractivity contribution in [2.75, 3.05) is 0 Å². The van der Waals surface area contributed by atoms with E-state index in [0.29, 0.717) is 5.69 Å². The smallest absolute Gasteiger partial charge is 0.325 e. The maximum atomic E-state index is 12.4. The highest BCUT2D eigenvalue weighted by Crippen LogP contribution is 2.28. The van der Waals surface area contributed by atoms with E-state index in [-0.39, 0.29) is 0 Å². The summed E-state index contributed by atoms with van der Waals surface area (Å²) in [6.45, 7) is 1.44. The van der Waals surface area contributed by atoms with Crippen molar-refractivity contribution in [2.24, 2.45) is 0 Å². The Morgan fingerprint density at radius 2 is 2.17 bits per heavy atom. The van der Waals surface area contributed by atoms with Gasteiger partial charge in [0.25, 0.3) is 5.91 Å². The Morgan fingerprint density at radius 3 is 2.87 bits per heavy atom. The lowest BCUT2D eigenvalue weighted by Crippen LogP contribution is -2.38. The highest BCUT2D eigenvalue weighted by Gasteiger charge is 2.28. The van der Waals surface area contributed by atoms with Gasteiger partial charge in [0.1, 0.15) is 6.04 Å². The van der Waals surface area contributed by atoms with Crippen molar-refractivity contribution in [3.8, 4) is 5.69 Å². The summed E-state index contributed by atoms with van der Waals surface area (Å²) < 4.78 is 2.72. The van der Waals surface area contributed by atoms with Crippen LogP contribution in [0.2, 0.25) is 0 Å². The van der Waals surface area contributed by atoms with Gasteiger partial charge in [0.15, 0.2) is 5.69 Å². The van der Waals surface area contributed by atoms with Crippen LogP contribution >= 0.6 is 15.9 Å². The monoisotopic (exact) mass is 377 g/mol. The number of rotatable bonds is 4. The zero-order valence-electron chi connectivity index (χ0n) is 12.5. The van der Waals surface area contributed by atoms with Gasteiger partial charge in [-0.1, -0.05) is 22.0 Å². The van der Waals surface area contributed by atoms with Crippen LogP contribution in [0.3, 0.4) is 0 Å². The van der Waals surface area contributed by atoms with Gasteiger partial charge in [0, 0.05) is 15.7 Å². The number of halogens is 1. The molecule has 23 heavy (non-hydrogen) atoms. The second-order valence-corrected chi connectivity index (χ2v) is 6.47. The van der Waals surface area contributed by atoms with Crippen molar-refractivity contribution in [3.63, 3.8) is 0 Å². The highest BCUT2D eigenvalue weighted by molar-refractivity contribution is 9.10. The molecule has 0 fully saturated rings. The predicted molar refractivity (Wildman–Crippen MR) is 87.9 cm³/mol. The lowest BCUT2D eigenvalue weighted by molar-refractivity contribution is -0.138. The quantitative estimate of drug-likeness (QED) is 0.856. The Kier molecular flexibility index (Phi) is 4.21. The largest absolute Gasteiger partial charge is 0.480 e. The fourth-order valence-corrected chi connectivity index (χ4v) is 3.16. The summed E-state index contributed by atoms with van der Waals surface area (Å²) in [5.41, 5.74) is 3.14. The highest BCUT2D eigenvalue weighted by atomic mass is 79.9. The average molecular weight is 378 g/mol. The van der Waals surface area contributed by atoms with Crippen LogP contribution in [0.25, 0.3) is 5.69 Å². The molecule has 1 atom stereocenters. The molecule has 3 rings (SSSR count). The first-order valence-corrected chi connectivity index (χ1v) is 8.17. The predicted octanol–water partition coefficient (Wildman–Crippen LogP) is 2.33. The van der Waals surface area contributed by atoms with Crippen molar-refractivity contribution in [2.45, 2.75) is 32.2 Å². The van der Waals surface area contributed by atoms with Crippen LogP contribution in [0.1, 0.15) is 35.1 Å². The van der Waals surface area contributed by atoms with Crippen molar-refractivity contribution in [1.29, 1.82) is 0 Å². The topological polar surface area (TPSA) is 84.2 Å². The number of carbonyl (C=O) groups is 2. The molecule has 2 aromatic rings. The summed E-state index contributed by atoms with van der Waals surface area (Å²) in [4.78, 5) is 23.3. The number of hydrogen-bond acceptors (Lipinski definition) is 3. The number of hydrogen-bond donors (Lipinski definition) is 2. The molecule has 7 heteroatoms. The SMILES string of the molecule is C[C@@H](NC(=O)c1nn(-c2cccc(Br)c2)c2c1CCC2)C(=O)O. The van der Waals surface area contributed by atoms with Gasteiger partial charge in [-0.25, -0.2) is 4.68 Å². The molecule has 1 aromatic heterocycles. The van der Waals surface area contributed by atoms with Gasteiger partial charge in [0.2, 0.25) is 0 Å². The molecule has 0 radical (unpaired) electrons. The molecule has 6 nitrogen and oxygen atoms in total. The molecule has 1 aliphatic rings. The van der Waals surface area contributed by atoms with E-state index in [1.807, 2.05) is 24.3 Å². The van der Waals surface area contributed by atoms with Crippen molar-refractivity contribution < 1.29 is 14.7 Å². The first kappa shape index (κ1) is 15.7. The normalized spacial score (nSPS) is 14.3. The number of carboxylic acids is 1. The second kappa shape index (κ2) is 6.16. The van der Waals surface area contributed by atoms with E-state index in [1.165, 1.54) is 6.92 Å². The third-order valence-corrected chi connectivity index (χ3v) is 4.41. The Bertz CT molecular complexity index is 785. The maximum absolute atomic E-state index is 12.4. The van der Waals surface area contributed by atoms with Crippen LogP contribution in [-0.4, -0.2) is 32.8 Å². The number of amides is 1. The van der Waals surface area contributed by atoms with Crippen LogP contribution < -0.4 is 5.32 Å². The molecule has 1 aliphatic carbocycles. The number of aliphatic carboxylic acids is 1. The Morgan fingerprint density at radius 1 is 1.39 bits per heavy atom. The van der Waals surface area contributed by atoms with E-state index in [4.69, 9.17) is 5.11 Å². The van der Waals surface area contributed by atoms with Crippen LogP contribution in [-0.2, 0) is 17.6 Å². The summed E-state index contributed by atoms with van der Waals surface area (Å²) in [6.07, 6.45) is 2.61. The summed E-state index contributed by atoms with van der Waals surface area (Å²) in [5, 5.41) is 15.9. The molecule has 2 N–H and O–H groups in total. The molecule has 0 aliphatic heterocycles. The first-order valence-electron chi connectivity index (χ1n) is 7.37. The van der Waals surface area contributed by atoms with Gasteiger partial charge in [-0.05, 0) is 44.4 Å². The van der Waals surface area contributed by atoms with Gasteiger partial charge in [-0.15, -0.1) is 0 Å². The van der Waals surface area contributed by atoms with Crippen LogP contribution in [0.5, 0.6) is 0 Å². The van der Waals surface area contributed by atoms with Gasteiger partial charge < -0.3 is 10.4 Å². The van der Waals surface area contributed by atoms with Gasteiger partial charge in [-0.2, -0.15) is 5.10 Å². The Hall–Kier alpha value is -2.15. The Balaban J connectivity index is 1.99. The summed E-state index contributed by atoms with van der Waals surface area (Å²) in [7, 11) is 0. The molecule has 1 aromatic carbocycles. The van der Waals surface area contributed by atoms with Crippen LogP contribution in [0, 0.1) is 0 Å². The lowest BCUT2D eigenvalue weighted by Gasteiger charge is -2.08. The number of aromatic nitrogens is 2. The third-order valence-electron chi connectivity index (χ3n) is 3.92. The summed E-state index contributed by atoms with van der Waals surface area (Å²) in [6, 6.07) is 6.75. The van der Waals surface area contributed by atoms with Gasteiger partial charge in [0.05, 0.1) is 5.69 Å². The number of benzene rings is 1. The molecule has 0 bridgehead atoms. The average Bonchev–Trinajstić information content (AvgIpc) is 3.08. The molecule has 0 spiro atoms. The number of nitrogens with one attached hydrogen (secondary N) is 1. The molecular weight excluding hydrogens is 362 g/mol. The van der Waals surface area contributed by atoms with Crippen molar-refractivity contribution in [1.82, 2.24) is 15.1 Å². The zero-order valence-corrected chi connectivity index (χ0v) is 14.1. The fraction of sp³-hybridized carbons (Fsp3) is 0.312. The number of fused-ring (bicyclic) bond motifs is 1. The molecule has 1 amide bonds. The van der Waals surface area contributed by atoms with Crippen LogP contribution in [0.15, 0.2) is 28.7 Å². The summed E-state index contributed by atoms with van der Waals surface area (Å²) >= 11 is 3.44. The molecule has 1 heterocycles. The molecule has 0 saturated heterocycles. The second-order valence-electron chi connectivity index (χ2n) is 5.55. The number of carboxylic acid groups (broad SMARTS) is 1. The first-order chi connectivity index (χ1) is 11.0. The van der Waals surface area contributed by atoms with E-state index >= 15 is 0 Å². The minimum atomic E-state index is -1.07. The number of carbonyl (C=O) groups excluding carboxylic acids is 1. The van der Waals surface area contributed by atoms with Gasteiger partial charge in [-0.3, -0.25) is 9.59 Å². The fourth-order valence-electron chi connectivity index (χ4n) is 2.77. The standard InChI is InChI=1S/C16H16BrN3O3/c1-9(16(22)23)18-15(21)14-12-6-3-7-13(12)20(19-14)11-5-2-4-10(17)8-11/h2,4-5,8-9H,3,6-7H2,1H3,(H,18,21)(H,22,23)/t9-/m1/s1. The van der Waals surface area contributed by atoms with E-state index in [9.17, 15) is 9.59 Å². The van der Waals surface area contributed by atoms with Gasteiger partial charge >= 0.3 is 5.97 Å². The number of nitrogens with zero attached hydrogens (tertiary/aromatic N) is 2. The van der Waals surface area contributed by atoms with Crippen LogP contribution in [0.4, 0.5) is 0 Å². The van der Waals surface area contributed by atoms with E-state index in [1.54, 1.807) is 4.68 Å². The summed E-state index contributed by atoms with van der Waals surface area (Å²) in [5.74, 6) is -1.51. The minimum Gasteiger partial charge on any atom is -0.480 e. The molecule has 120 valence electrons. The molecular formula is C16H16BrN3O3. The maximum Gasteiger partial charge on any atom is 0.325 e. The van der Waals surface area contributed by atoms with E-state index in [2.05, 4.69) is 26.3 Å². The third kappa shape index (κ3) is 3.01.